The van der Waals surface area contributed by atoms with Gasteiger partial charge < -0.3 is 11.1 Å². The maximum absolute atomic E-state index is 5.74. The molecule has 3 N–H and O–H groups in total. The van der Waals surface area contributed by atoms with E-state index >= 15 is 0 Å². The van der Waals surface area contributed by atoms with E-state index in [2.05, 4.69) is 49.5 Å². The van der Waals surface area contributed by atoms with E-state index in [4.69, 9.17) is 5.73 Å². The van der Waals surface area contributed by atoms with E-state index in [1.165, 1.54) is 12.0 Å². The van der Waals surface area contributed by atoms with E-state index in [1.54, 1.807) is 0 Å². The highest BCUT2D eigenvalue weighted by Gasteiger charge is 2.09. The Hall–Kier alpha value is -0.860. The molecule has 0 bridgehead atoms. The van der Waals surface area contributed by atoms with E-state index in [1.807, 2.05) is 0 Å². The van der Waals surface area contributed by atoms with Gasteiger partial charge in [0.15, 0.2) is 0 Å². The number of nitrogens with two attached hydrogens (primary N) is 1. The summed E-state index contributed by atoms with van der Waals surface area (Å²) in [5.41, 5.74) is 7.16. The Morgan fingerprint density at radius 3 is 2.47 bits per heavy atom. The Balaban J connectivity index is 2.08. The molecule has 17 heavy (non-hydrogen) atoms. The number of hydrogen-bond acceptors (Lipinski definition) is 2. The average Bonchev–Trinajstić information content (AvgIpc) is 2.34. The molecule has 96 valence electrons. The molecule has 0 aliphatic rings. The topological polar surface area (TPSA) is 38.0 Å². The molecule has 0 aliphatic heterocycles. The Morgan fingerprint density at radius 2 is 1.88 bits per heavy atom. The Bertz CT molecular complexity index is 282. The predicted octanol–water partition coefficient (Wildman–Crippen LogP) is 2.44. The molecule has 2 heteroatoms. The summed E-state index contributed by atoms with van der Waals surface area (Å²) in [6.07, 6.45) is 2.35. The fourth-order valence-corrected chi connectivity index (χ4v) is 1.94. The molecule has 1 aromatic rings. The molecule has 0 amide bonds. The van der Waals surface area contributed by atoms with Crippen LogP contribution in [0.25, 0.3) is 0 Å². The van der Waals surface area contributed by atoms with Crippen LogP contribution in [0.1, 0.15) is 25.8 Å². The van der Waals surface area contributed by atoms with Crippen molar-refractivity contribution < 1.29 is 0 Å². The second kappa shape index (κ2) is 8.26. The largest absolute Gasteiger partial charge is 0.330 e. The molecule has 0 saturated carbocycles. The van der Waals surface area contributed by atoms with Crippen LogP contribution in [0.15, 0.2) is 30.3 Å². The van der Waals surface area contributed by atoms with Crippen LogP contribution in [0.4, 0.5) is 0 Å². The highest BCUT2D eigenvalue weighted by Crippen LogP contribution is 2.07. The number of nitrogens with one attached hydrogen (secondary N) is 1. The minimum Gasteiger partial charge on any atom is -0.330 e. The van der Waals surface area contributed by atoms with Gasteiger partial charge in [0.25, 0.3) is 0 Å². The highest BCUT2D eigenvalue weighted by molar-refractivity contribution is 5.14. The lowest BCUT2D eigenvalue weighted by atomic mass is 9.96. The van der Waals surface area contributed by atoms with Crippen molar-refractivity contribution in [3.8, 4) is 0 Å². The van der Waals surface area contributed by atoms with Gasteiger partial charge in [-0.2, -0.15) is 0 Å². The van der Waals surface area contributed by atoms with Crippen molar-refractivity contribution in [1.82, 2.24) is 5.32 Å². The van der Waals surface area contributed by atoms with Crippen LogP contribution in [0, 0.1) is 11.8 Å². The zero-order valence-electron chi connectivity index (χ0n) is 11.2. The van der Waals surface area contributed by atoms with Crippen molar-refractivity contribution in [1.29, 1.82) is 0 Å². The Kier molecular flexibility index (Phi) is 6.90. The van der Waals surface area contributed by atoms with Gasteiger partial charge in [-0.3, -0.25) is 0 Å². The van der Waals surface area contributed by atoms with Gasteiger partial charge in [0.1, 0.15) is 0 Å². The fraction of sp³-hybridized carbons (Fsp3) is 0.600. The summed E-state index contributed by atoms with van der Waals surface area (Å²) in [4.78, 5) is 0. The third kappa shape index (κ3) is 5.85. The van der Waals surface area contributed by atoms with Crippen LogP contribution < -0.4 is 11.1 Å². The van der Waals surface area contributed by atoms with Gasteiger partial charge in [-0.05, 0) is 49.9 Å². The van der Waals surface area contributed by atoms with Crippen LogP contribution in [0.5, 0.6) is 0 Å². The first-order chi connectivity index (χ1) is 8.24. The summed E-state index contributed by atoms with van der Waals surface area (Å²) in [7, 11) is 0. The molecule has 1 aromatic carbocycles. The van der Waals surface area contributed by atoms with Crippen LogP contribution in [-0.2, 0) is 6.42 Å². The average molecular weight is 234 g/mol. The molecule has 0 aromatic heterocycles. The summed E-state index contributed by atoms with van der Waals surface area (Å²) in [5, 5.41) is 3.51. The molecule has 0 fully saturated rings. The minimum atomic E-state index is 0.603. The number of hydrogen-bond donors (Lipinski definition) is 2. The highest BCUT2D eigenvalue weighted by atomic mass is 14.9. The monoisotopic (exact) mass is 234 g/mol. The summed E-state index contributed by atoms with van der Waals surface area (Å²) in [5.74, 6) is 1.27. The normalized spacial score (nSPS) is 12.9. The summed E-state index contributed by atoms with van der Waals surface area (Å²) < 4.78 is 0. The molecule has 0 aliphatic carbocycles. The molecule has 1 unspecified atom stereocenters. The lowest BCUT2D eigenvalue weighted by molar-refractivity contribution is 0.371. The number of benzene rings is 1. The van der Waals surface area contributed by atoms with E-state index in [0.29, 0.717) is 11.8 Å². The smallest absolute Gasteiger partial charge is 0.000600 e. The van der Waals surface area contributed by atoms with Gasteiger partial charge in [-0.15, -0.1) is 0 Å². The lowest BCUT2D eigenvalue weighted by Crippen LogP contribution is -2.32. The zero-order valence-corrected chi connectivity index (χ0v) is 11.2. The maximum Gasteiger partial charge on any atom is -0.000600 e. The minimum absolute atomic E-state index is 0.603. The molecule has 0 saturated heterocycles. The van der Waals surface area contributed by atoms with Crippen molar-refractivity contribution in [2.75, 3.05) is 19.6 Å². The fourth-order valence-electron chi connectivity index (χ4n) is 1.94. The summed E-state index contributed by atoms with van der Waals surface area (Å²) in [6.45, 7) is 7.39. The van der Waals surface area contributed by atoms with Gasteiger partial charge in [-0.25, -0.2) is 0 Å². The SMILES string of the molecule is CC(C)C(CN)CNCCCc1ccccc1. The van der Waals surface area contributed by atoms with Crippen molar-refractivity contribution in [3.05, 3.63) is 35.9 Å². The second-order valence-electron chi connectivity index (χ2n) is 5.03. The first-order valence-electron chi connectivity index (χ1n) is 6.68. The van der Waals surface area contributed by atoms with E-state index in [9.17, 15) is 0 Å². The standard InChI is InChI=1S/C15H26N2/c1-13(2)15(11-16)12-17-10-6-9-14-7-4-3-5-8-14/h3-5,7-8,13,15,17H,6,9-12,16H2,1-2H3. The maximum atomic E-state index is 5.74. The first-order valence-corrected chi connectivity index (χ1v) is 6.68. The quantitative estimate of drug-likeness (QED) is 0.678. The zero-order chi connectivity index (χ0) is 12.5. The molecule has 1 rings (SSSR count). The van der Waals surface area contributed by atoms with Gasteiger partial charge in [0.2, 0.25) is 0 Å². The third-order valence-corrected chi connectivity index (χ3v) is 3.31. The summed E-state index contributed by atoms with van der Waals surface area (Å²) in [6, 6.07) is 10.7. The first kappa shape index (κ1) is 14.2. The van der Waals surface area contributed by atoms with Crippen molar-refractivity contribution in [2.24, 2.45) is 17.6 Å². The van der Waals surface area contributed by atoms with E-state index in [-0.39, 0.29) is 0 Å². The Morgan fingerprint density at radius 1 is 1.18 bits per heavy atom. The number of rotatable bonds is 8. The number of aryl methyl sites for hydroxylation is 1. The van der Waals surface area contributed by atoms with Gasteiger partial charge >= 0.3 is 0 Å². The van der Waals surface area contributed by atoms with Crippen LogP contribution in [0.3, 0.4) is 0 Å². The lowest BCUT2D eigenvalue weighted by Gasteiger charge is -2.19. The van der Waals surface area contributed by atoms with Crippen molar-refractivity contribution in [3.63, 3.8) is 0 Å². The molecule has 0 spiro atoms. The van der Waals surface area contributed by atoms with Gasteiger partial charge in [-0.1, -0.05) is 44.2 Å². The van der Waals surface area contributed by atoms with Crippen LogP contribution in [-0.4, -0.2) is 19.6 Å². The molecule has 1 atom stereocenters. The molecule has 2 nitrogen and oxygen atoms in total. The Labute approximate surface area is 106 Å². The van der Waals surface area contributed by atoms with Crippen molar-refractivity contribution in [2.45, 2.75) is 26.7 Å². The molecular weight excluding hydrogens is 208 g/mol. The molecule has 0 radical (unpaired) electrons. The van der Waals surface area contributed by atoms with Crippen molar-refractivity contribution >= 4 is 0 Å². The predicted molar refractivity (Wildman–Crippen MR) is 75.0 cm³/mol. The van der Waals surface area contributed by atoms with Gasteiger partial charge in [0, 0.05) is 0 Å². The van der Waals surface area contributed by atoms with E-state index in [0.717, 1.165) is 26.1 Å². The molecular formula is C15H26N2. The van der Waals surface area contributed by atoms with Crippen LogP contribution in [0.2, 0.25) is 0 Å². The van der Waals surface area contributed by atoms with E-state index < -0.39 is 0 Å². The van der Waals surface area contributed by atoms with Crippen LogP contribution >= 0.6 is 0 Å². The second-order valence-corrected chi connectivity index (χ2v) is 5.03. The third-order valence-electron chi connectivity index (χ3n) is 3.31. The van der Waals surface area contributed by atoms with Gasteiger partial charge in [0.05, 0.1) is 0 Å². The summed E-state index contributed by atoms with van der Waals surface area (Å²) >= 11 is 0. The molecule has 0 heterocycles.